The Balaban J connectivity index is 1.07. The number of β-amino-alcohol motifs (C(OH)–C–C–N with tert-alkyl or cyclic N) is 1. The number of hydrogen-bond donors (Lipinski definition) is 2. The van der Waals surface area contributed by atoms with Gasteiger partial charge in [-0.25, -0.2) is 0 Å². The SMILES string of the molecule is Cc1cccc(/C=C/C(=O)N2CCC(C(O)CN3CCC(c4c[nH]c5ccccc45)CC3)CC2)c1. The number of benzene rings is 2. The average molecular weight is 472 g/mol. The summed E-state index contributed by atoms with van der Waals surface area (Å²) in [7, 11) is 0. The number of piperidine rings is 2. The zero-order valence-electron chi connectivity index (χ0n) is 20.7. The van der Waals surface area contributed by atoms with Crippen molar-refractivity contribution in [3.8, 4) is 0 Å². The Morgan fingerprint density at radius 3 is 2.60 bits per heavy atom. The van der Waals surface area contributed by atoms with Crippen molar-refractivity contribution in [2.45, 2.75) is 44.6 Å². The molecule has 3 aromatic rings. The molecule has 2 aromatic carbocycles. The van der Waals surface area contributed by atoms with Crippen LogP contribution in [0.5, 0.6) is 0 Å². The molecule has 5 heteroatoms. The minimum atomic E-state index is -0.320. The summed E-state index contributed by atoms with van der Waals surface area (Å²) in [5.41, 5.74) is 4.90. The number of rotatable bonds is 6. The maximum atomic E-state index is 12.6. The van der Waals surface area contributed by atoms with Crippen LogP contribution in [-0.4, -0.2) is 64.6 Å². The molecule has 5 rings (SSSR count). The van der Waals surface area contributed by atoms with E-state index in [1.54, 1.807) is 6.08 Å². The number of hydrogen-bond acceptors (Lipinski definition) is 3. The van der Waals surface area contributed by atoms with E-state index in [0.29, 0.717) is 5.92 Å². The molecule has 0 saturated carbocycles. The maximum Gasteiger partial charge on any atom is 0.246 e. The predicted molar refractivity (Wildman–Crippen MR) is 142 cm³/mol. The van der Waals surface area contributed by atoms with E-state index in [-0.39, 0.29) is 17.9 Å². The third-order valence-electron chi connectivity index (χ3n) is 7.95. The first-order chi connectivity index (χ1) is 17.1. The van der Waals surface area contributed by atoms with Gasteiger partial charge in [-0.15, -0.1) is 0 Å². The number of nitrogens with zero attached hydrogens (tertiary/aromatic N) is 2. The molecule has 1 unspecified atom stereocenters. The second kappa shape index (κ2) is 10.8. The van der Waals surface area contributed by atoms with Crippen molar-refractivity contribution < 1.29 is 9.90 Å². The van der Waals surface area contributed by atoms with E-state index in [1.165, 1.54) is 22.0 Å². The molecule has 2 aliphatic heterocycles. The number of H-pyrrole nitrogens is 1. The van der Waals surface area contributed by atoms with Crippen molar-refractivity contribution in [3.05, 3.63) is 77.5 Å². The zero-order valence-corrected chi connectivity index (χ0v) is 20.7. The Bertz CT molecular complexity index is 1170. The number of carbonyl (C=O) groups is 1. The van der Waals surface area contributed by atoms with E-state index in [2.05, 4.69) is 59.4 Å². The summed E-state index contributed by atoms with van der Waals surface area (Å²) >= 11 is 0. The van der Waals surface area contributed by atoms with Gasteiger partial charge >= 0.3 is 0 Å². The highest BCUT2D eigenvalue weighted by molar-refractivity contribution is 5.91. The molecule has 1 atom stereocenters. The highest BCUT2D eigenvalue weighted by Gasteiger charge is 2.30. The van der Waals surface area contributed by atoms with Gasteiger partial charge in [-0.1, -0.05) is 48.0 Å². The molecule has 0 radical (unpaired) electrons. The molecule has 2 aliphatic rings. The summed E-state index contributed by atoms with van der Waals surface area (Å²) in [5.74, 6) is 0.923. The lowest BCUT2D eigenvalue weighted by Crippen LogP contribution is -2.45. The number of para-hydroxylation sites is 1. The quantitative estimate of drug-likeness (QED) is 0.499. The Kier molecular flexibility index (Phi) is 7.35. The lowest BCUT2D eigenvalue weighted by Gasteiger charge is -2.37. The van der Waals surface area contributed by atoms with Crippen LogP contribution >= 0.6 is 0 Å². The standard InChI is InChI=1S/C30H37N3O2/c1-22-5-4-6-23(19-22)9-10-30(35)33-17-13-25(14-18-33)29(34)21-32-15-11-24(12-16-32)27-20-31-28-8-3-2-7-26(27)28/h2-10,19-20,24-25,29,31,34H,11-18,21H2,1H3/b10-9+. The normalized spacial score (nSPS) is 19.5. The summed E-state index contributed by atoms with van der Waals surface area (Å²) in [6.07, 6.45) is 9.46. The number of amides is 1. The van der Waals surface area contributed by atoms with Crippen LogP contribution in [0.4, 0.5) is 0 Å². The molecule has 3 heterocycles. The topological polar surface area (TPSA) is 59.6 Å². The third kappa shape index (κ3) is 5.68. The maximum absolute atomic E-state index is 12.6. The minimum absolute atomic E-state index is 0.0683. The molecule has 1 aromatic heterocycles. The average Bonchev–Trinajstić information content (AvgIpc) is 3.32. The third-order valence-corrected chi connectivity index (χ3v) is 7.95. The molecule has 1 amide bonds. The Hall–Kier alpha value is -2.89. The molecule has 184 valence electrons. The van der Waals surface area contributed by atoms with Gasteiger partial charge in [0.25, 0.3) is 0 Å². The minimum Gasteiger partial charge on any atom is -0.392 e. The van der Waals surface area contributed by atoms with E-state index in [9.17, 15) is 9.90 Å². The summed E-state index contributed by atoms with van der Waals surface area (Å²) in [5, 5.41) is 12.3. The van der Waals surface area contributed by atoms with Gasteiger partial charge in [-0.05, 0) is 80.8 Å². The van der Waals surface area contributed by atoms with Gasteiger partial charge in [0.05, 0.1) is 6.10 Å². The molecule has 2 N–H and O–H groups in total. The van der Waals surface area contributed by atoms with Crippen LogP contribution in [-0.2, 0) is 4.79 Å². The smallest absolute Gasteiger partial charge is 0.246 e. The van der Waals surface area contributed by atoms with Crippen molar-refractivity contribution in [1.29, 1.82) is 0 Å². The van der Waals surface area contributed by atoms with Gasteiger partial charge in [0, 0.05) is 42.8 Å². The van der Waals surface area contributed by atoms with Crippen molar-refractivity contribution in [1.82, 2.24) is 14.8 Å². The van der Waals surface area contributed by atoms with E-state index in [0.717, 1.165) is 64.0 Å². The Morgan fingerprint density at radius 2 is 1.83 bits per heavy atom. The van der Waals surface area contributed by atoms with Crippen LogP contribution < -0.4 is 0 Å². The second-order valence-corrected chi connectivity index (χ2v) is 10.3. The van der Waals surface area contributed by atoms with E-state index in [4.69, 9.17) is 0 Å². The number of aromatic amines is 1. The number of aliphatic hydroxyl groups excluding tert-OH is 1. The lowest BCUT2D eigenvalue weighted by atomic mass is 9.87. The molecule has 0 spiro atoms. The molecular weight excluding hydrogens is 434 g/mol. The largest absolute Gasteiger partial charge is 0.392 e. The van der Waals surface area contributed by atoms with Gasteiger partial charge in [-0.3, -0.25) is 4.79 Å². The number of aliphatic hydroxyl groups is 1. The number of likely N-dealkylation sites (tertiary alicyclic amines) is 2. The van der Waals surface area contributed by atoms with Crippen molar-refractivity contribution >= 4 is 22.9 Å². The van der Waals surface area contributed by atoms with E-state index in [1.807, 2.05) is 23.1 Å². The molecule has 5 nitrogen and oxygen atoms in total. The summed E-state index contributed by atoms with van der Waals surface area (Å²) < 4.78 is 0. The first kappa shape index (κ1) is 23.8. The predicted octanol–water partition coefficient (Wildman–Crippen LogP) is 4.97. The van der Waals surface area contributed by atoms with Gasteiger partial charge in [0.1, 0.15) is 0 Å². The lowest BCUT2D eigenvalue weighted by molar-refractivity contribution is -0.128. The van der Waals surface area contributed by atoms with Gasteiger partial charge in [0.15, 0.2) is 0 Å². The molecule has 0 bridgehead atoms. The summed E-state index contributed by atoms with van der Waals surface area (Å²) in [6.45, 7) is 6.31. The van der Waals surface area contributed by atoms with Gasteiger partial charge in [0.2, 0.25) is 5.91 Å². The number of aromatic nitrogens is 1. The van der Waals surface area contributed by atoms with Gasteiger partial charge < -0.3 is 19.9 Å². The van der Waals surface area contributed by atoms with Crippen molar-refractivity contribution in [2.24, 2.45) is 5.92 Å². The first-order valence-corrected chi connectivity index (χ1v) is 13.1. The van der Waals surface area contributed by atoms with Crippen molar-refractivity contribution in [3.63, 3.8) is 0 Å². The zero-order chi connectivity index (χ0) is 24.2. The molecule has 2 saturated heterocycles. The Morgan fingerprint density at radius 1 is 1.06 bits per heavy atom. The van der Waals surface area contributed by atoms with Crippen LogP contribution in [0.1, 0.15) is 48.3 Å². The fraction of sp³-hybridized carbons (Fsp3) is 0.433. The molecule has 35 heavy (non-hydrogen) atoms. The monoisotopic (exact) mass is 471 g/mol. The van der Waals surface area contributed by atoms with Crippen LogP contribution in [0, 0.1) is 12.8 Å². The van der Waals surface area contributed by atoms with E-state index < -0.39 is 0 Å². The van der Waals surface area contributed by atoms with Crippen LogP contribution in [0.15, 0.2) is 60.8 Å². The molecule has 2 fully saturated rings. The van der Waals surface area contributed by atoms with E-state index >= 15 is 0 Å². The van der Waals surface area contributed by atoms with Crippen LogP contribution in [0.25, 0.3) is 17.0 Å². The first-order valence-electron chi connectivity index (χ1n) is 13.1. The molecular formula is C30H37N3O2. The Labute approximate surface area is 208 Å². The summed E-state index contributed by atoms with van der Waals surface area (Å²) in [4.78, 5) is 20.4. The van der Waals surface area contributed by atoms with Crippen molar-refractivity contribution in [2.75, 3.05) is 32.7 Å². The number of fused-ring (bicyclic) bond motifs is 1. The highest BCUT2D eigenvalue weighted by Crippen LogP contribution is 2.33. The number of nitrogens with one attached hydrogen (secondary N) is 1. The van der Waals surface area contributed by atoms with Gasteiger partial charge in [-0.2, -0.15) is 0 Å². The fourth-order valence-corrected chi connectivity index (χ4v) is 5.82. The number of aryl methyl sites for hydroxylation is 1. The highest BCUT2D eigenvalue weighted by atomic mass is 16.3. The van der Waals surface area contributed by atoms with Crippen LogP contribution in [0.2, 0.25) is 0 Å². The second-order valence-electron chi connectivity index (χ2n) is 10.3. The number of carbonyl (C=O) groups excluding carboxylic acids is 1. The fourth-order valence-electron chi connectivity index (χ4n) is 5.82. The summed E-state index contributed by atoms with van der Waals surface area (Å²) in [6, 6.07) is 16.7. The van der Waals surface area contributed by atoms with Crippen LogP contribution in [0.3, 0.4) is 0 Å². The molecule has 0 aliphatic carbocycles.